The fraction of sp³-hybridized carbons (Fsp3) is 0.615. The first-order chi connectivity index (χ1) is 21.2. The predicted octanol–water partition coefficient (Wildman–Crippen LogP) is 10.2. The highest BCUT2D eigenvalue weighted by Crippen LogP contribution is 2.08. The molecule has 0 aromatic rings. The van der Waals surface area contributed by atoms with Gasteiger partial charge in [-0.1, -0.05) is 137 Å². The van der Waals surface area contributed by atoms with Crippen molar-refractivity contribution < 1.29 is 15.0 Å². The number of aliphatic hydroxyl groups excluding tert-OH is 2. The molecule has 0 radical (unpaired) electrons. The number of carbonyl (C=O) groups is 1. The van der Waals surface area contributed by atoms with Gasteiger partial charge in [0.1, 0.15) is 0 Å². The second kappa shape index (κ2) is 34.1. The minimum atomic E-state index is -0.878. The van der Waals surface area contributed by atoms with Gasteiger partial charge in [-0.25, -0.2) is 0 Å². The summed E-state index contributed by atoms with van der Waals surface area (Å²) < 4.78 is 0. The molecule has 4 nitrogen and oxygen atoms in total. The number of aliphatic hydroxyl groups is 2. The van der Waals surface area contributed by atoms with Crippen molar-refractivity contribution >= 4 is 5.91 Å². The highest BCUT2D eigenvalue weighted by Gasteiger charge is 2.17. The van der Waals surface area contributed by atoms with E-state index in [-0.39, 0.29) is 12.5 Å². The molecule has 0 saturated carbocycles. The van der Waals surface area contributed by atoms with Crippen LogP contribution in [-0.2, 0) is 4.79 Å². The van der Waals surface area contributed by atoms with E-state index >= 15 is 0 Å². The van der Waals surface area contributed by atoms with Crippen LogP contribution in [-0.4, -0.2) is 34.9 Å². The Morgan fingerprint density at radius 2 is 1.05 bits per heavy atom. The molecule has 0 rings (SSSR count). The number of allylic oxidation sites excluding steroid dienone is 13. The van der Waals surface area contributed by atoms with Crippen molar-refractivity contribution in [2.45, 2.75) is 148 Å². The van der Waals surface area contributed by atoms with E-state index in [0.717, 1.165) is 77.0 Å². The smallest absolute Gasteiger partial charge is 0.220 e. The maximum absolute atomic E-state index is 12.3. The largest absolute Gasteiger partial charge is 0.394 e. The molecule has 2 atom stereocenters. The predicted molar refractivity (Wildman–Crippen MR) is 188 cm³/mol. The Morgan fingerprint density at radius 1 is 0.581 bits per heavy atom. The lowest BCUT2D eigenvalue weighted by Crippen LogP contribution is -2.45. The first-order valence-electron chi connectivity index (χ1n) is 17.3. The number of amides is 1. The highest BCUT2D eigenvalue weighted by molar-refractivity contribution is 5.76. The van der Waals surface area contributed by atoms with Crippen molar-refractivity contribution in [2.24, 2.45) is 0 Å². The molecule has 0 aromatic carbocycles. The lowest BCUT2D eigenvalue weighted by molar-refractivity contribution is -0.123. The van der Waals surface area contributed by atoms with Gasteiger partial charge in [-0.15, -0.1) is 0 Å². The van der Waals surface area contributed by atoms with Crippen LogP contribution in [0.25, 0.3) is 0 Å². The normalized spacial score (nSPS) is 14.2. The number of hydrogen-bond acceptors (Lipinski definition) is 3. The van der Waals surface area contributed by atoms with Gasteiger partial charge in [0.25, 0.3) is 0 Å². The highest BCUT2D eigenvalue weighted by atomic mass is 16.3. The van der Waals surface area contributed by atoms with Gasteiger partial charge in [0.2, 0.25) is 5.91 Å². The van der Waals surface area contributed by atoms with Crippen LogP contribution in [0.4, 0.5) is 0 Å². The van der Waals surface area contributed by atoms with Crippen LogP contribution in [0.15, 0.2) is 85.1 Å². The van der Waals surface area contributed by atoms with Crippen molar-refractivity contribution in [3.63, 3.8) is 0 Å². The van der Waals surface area contributed by atoms with E-state index < -0.39 is 12.1 Å². The summed E-state index contributed by atoms with van der Waals surface area (Å²) in [6.07, 6.45) is 49.4. The van der Waals surface area contributed by atoms with E-state index in [0.29, 0.717) is 6.42 Å². The van der Waals surface area contributed by atoms with E-state index in [1.165, 1.54) is 38.5 Å². The average molecular weight is 596 g/mol. The fourth-order valence-corrected chi connectivity index (χ4v) is 4.45. The zero-order valence-electron chi connectivity index (χ0n) is 27.7. The van der Waals surface area contributed by atoms with Gasteiger partial charge in [-0.3, -0.25) is 4.79 Å². The molecular formula is C39H65NO3. The monoisotopic (exact) mass is 595 g/mol. The maximum Gasteiger partial charge on any atom is 0.220 e. The van der Waals surface area contributed by atoms with Gasteiger partial charge in [-0.05, 0) is 77.0 Å². The Kier molecular flexibility index (Phi) is 32.1. The van der Waals surface area contributed by atoms with Gasteiger partial charge in [0, 0.05) is 6.42 Å². The Bertz CT molecular complexity index is 818. The van der Waals surface area contributed by atoms with E-state index in [2.05, 4.69) is 92.1 Å². The Labute approximate surface area is 265 Å². The van der Waals surface area contributed by atoms with Crippen molar-refractivity contribution in [1.29, 1.82) is 0 Å². The van der Waals surface area contributed by atoms with Crippen LogP contribution < -0.4 is 5.32 Å². The third-order valence-electron chi connectivity index (χ3n) is 7.11. The molecule has 0 aliphatic heterocycles. The van der Waals surface area contributed by atoms with Gasteiger partial charge in [-0.2, -0.15) is 0 Å². The van der Waals surface area contributed by atoms with Gasteiger partial charge in [0.05, 0.1) is 18.8 Å². The third kappa shape index (κ3) is 30.8. The molecule has 1 amide bonds. The van der Waals surface area contributed by atoms with Crippen molar-refractivity contribution in [3.05, 3.63) is 85.1 Å². The molecule has 0 bridgehead atoms. The van der Waals surface area contributed by atoms with Crippen molar-refractivity contribution in [1.82, 2.24) is 5.32 Å². The summed E-state index contributed by atoms with van der Waals surface area (Å²) in [7, 11) is 0. The topological polar surface area (TPSA) is 69.6 Å². The SMILES string of the molecule is CC/C=C\C/C=C\C/C=C\C/C=C\C/C=C\CCCCCC(=O)NC(CO)C(O)/C=C/CC/C=C/CCCCCCCC. The molecule has 4 heteroatoms. The molecule has 43 heavy (non-hydrogen) atoms. The summed E-state index contributed by atoms with van der Waals surface area (Å²) in [5.74, 6) is -0.112. The third-order valence-corrected chi connectivity index (χ3v) is 7.11. The van der Waals surface area contributed by atoms with Gasteiger partial charge < -0.3 is 15.5 Å². The molecular weight excluding hydrogens is 530 g/mol. The van der Waals surface area contributed by atoms with Crippen LogP contribution in [0, 0.1) is 0 Å². The molecule has 0 saturated heterocycles. The Balaban J connectivity index is 3.82. The summed E-state index contributed by atoms with van der Waals surface area (Å²) in [5.41, 5.74) is 0. The Morgan fingerprint density at radius 3 is 1.63 bits per heavy atom. The number of rotatable bonds is 29. The summed E-state index contributed by atoms with van der Waals surface area (Å²) in [4.78, 5) is 12.3. The van der Waals surface area contributed by atoms with Crippen molar-refractivity contribution in [2.75, 3.05) is 6.61 Å². The summed E-state index contributed by atoms with van der Waals surface area (Å²) in [6.45, 7) is 4.12. The number of unbranched alkanes of at least 4 members (excludes halogenated alkanes) is 10. The summed E-state index contributed by atoms with van der Waals surface area (Å²) >= 11 is 0. The molecule has 0 aromatic heterocycles. The second-order valence-corrected chi connectivity index (χ2v) is 11.2. The zero-order chi connectivity index (χ0) is 31.5. The molecule has 2 unspecified atom stereocenters. The zero-order valence-corrected chi connectivity index (χ0v) is 27.7. The molecule has 0 aliphatic carbocycles. The number of nitrogens with one attached hydrogen (secondary N) is 1. The number of hydrogen-bond donors (Lipinski definition) is 3. The average Bonchev–Trinajstić information content (AvgIpc) is 3.01. The van der Waals surface area contributed by atoms with Crippen LogP contribution in [0.2, 0.25) is 0 Å². The molecule has 0 fully saturated rings. The molecule has 0 spiro atoms. The molecule has 3 N–H and O–H groups in total. The molecule has 0 aliphatic rings. The first kappa shape index (κ1) is 40.6. The standard InChI is InChI=1S/C39H65NO3/c1-3-5-7-9-11-13-15-17-18-19-20-21-22-23-25-27-29-31-33-35-39(43)40-37(36-41)38(42)34-32-30-28-26-24-16-14-12-10-8-6-4-2/h5,7,11,13,17-18,20-21,23-26,32,34,37-38,41-42H,3-4,6,8-10,12,14-16,19,22,27-31,33,35-36H2,1-2H3,(H,40,43)/b7-5-,13-11-,18-17-,21-20-,25-23-,26-24+,34-32+. The summed E-state index contributed by atoms with van der Waals surface area (Å²) in [5, 5.41) is 22.8. The van der Waals surface area contributed by atoms with Crippen LogP contribution in [0.3, 0.4) is 0 Å². The molecule has 244 valence electrons. The van der Waals surface area contributed by atoms with E-state index in [4.69, 9.17) is 0 Å². The maximum atomic E-state index is 12.3. The van der Waals surface area contributed by atoms with E-state index in [9.17, 15) is 15.0 Å². The first-order valence-corrected chi connectivity index (χ1v) is 17.3. The van der Waals surface area contributed by atoms with Crippen LogP contribution in [0.1, 0.15) is 136 Å². The van der Waals surface area contributed by atoms with Crippen LogP contribution in [0.5, 0.6) is 0 Å². The fourth-order valence-electron chi connectivity index (χ4n) is 4.45. The lowest BCUT2D eigenvalue weighted by Gasteiger charge is -2.19. The quantitative estimate of drug-likeness (QED) is 0.0595. The van der Waals surface area contributed by atoms with E-state index in [1.54, 1.807) is 6.08 Å². The summed E-state index contributed by atoms with van der Waals surface area (Å²) in [6, 6.07) is -0.659. The minimum Gasteiger partial charge on any atom is -0.394 e. The second-order valence-electron chi connectivity index (χ2n) is 11.2. The van der Waals surface area contributed by atoms with Gasteiger partial charge in [0.15, 0.2) is 0 Å². The number of carbonyl (C=O) groups excluding carboxylic acids is 1. The molecule has 0 heterocycles. The van der Waals surface area contributed by atoms with Crippen molar-refractivity contribution in [3.8, 4) is 0 Å². The van der Waals surface area contributed by atoms with Crippen LogP contribution >= 0.6 is 0 Å². The lowest BCUT2D eigenvalue weighted by atomic mass is 10.1. The minimum absolute atomic E-state index is 0.112. The Hall–Kier alpha value is -2.43. The van der Waals surface area contributed by atoms with E-state index in [1.807, 2.05) is 6.08 Å². The van der Waals surface area contributed by atoms with Gasteiger partial charge >= 0.3 is 0 Å².